The fraction of sp³-hybridized carbons (Fsp3) is 0.0938. The molecule has 3 heterocycles. The first-order chi connectivity index (χ1) is 19.5. The Labute approximate surface area is 236 Å². The van der Waals surface area contributed by atoms with E-state index in [1.54, 1.807) is 30.5 Å². The van der Waals surface area contributed by atoms with Crippen LogP contribution in [0.2, 0.25) is 0 Å². The molecule has 1 fully saturated rings. The predicted octanol–water partition coefficient (Wildman–Crippen LogP) is 7.32. The SMILES string of the molecule is Cc1ccccc1Oc1ccc(N2C(=S)N[C@@H](c3ccccn3)[C@H]2c2ccc(-c3ccc(C(=O)O)cc3)o2)cc1. The number of thiocarbonyl (C=S) groups is 1. The molecule has 3 aromatic carbocycles. The Morgan fingerprint density at radius 1 is 0.950 bits per heavy atom. The van der Waals surface area contributed by atoms with E-state index in [9.17, 15) is 9.90 Å². The number of pyridine rings is 1. The Morgan fingerprint density at radius 3 is 2.40 bits per heavy atom. The molecule has 0 bridgehead atoms. The summed E-state index contributed by atoms with van der Waals surface area (Å²) in [7, 11) is 0. The number of benzene rings is 3. The number of para-hydroxylation sites is 1. The molecule has 1 aliphatic heterocycles. The van der Waals surface area contributed by atoms with E-state index in [0.29, 0.717) is 16.6 Å². The van der Waals surface area contributed by atoms with Crippen LogP contribution in [-0.2, 0) is 0 Å². The van der Waals surface area contributed by atoms with Gasteiger partial charge in [-0.05, 0) is 91.4 Å². The van der Waals surface area contributed by atoms with Crippen LogP contribution in [0.4, 0.5) is 5.69 Å². The zero-order valence-corrected chi connectivity index (χ0v) is 22.3. The van der Waals surface area contributed by atoms with Crippen molar-refractivity contribution in [2.45, 2.75) is 19.0 Å². The van der Waals surface area contributed by atoms with Gasteiger partial charge < -0.3 is 24.5 Å². The summed E-state index contributed by atoms with van der Waals surface area (Å²) < 4.78 is 12.5. The van der Waals surface area contributed by atoms with Gasteiger partial charge in [0.05, 0.1) is 17.3 Å². The number of rotatable bonds is 7. The van der Waals surface area contributed by atoms with Gasteiger partial charge in [-0.25, -0.2) is 4.79 Å². The second-order valence-electron chi connectivity index (χ2n) is 9.44. The van der Waals surface area contributed by atoms with Crippen LogP contribution in [0.1, 0.15) is 39.5 Å². The standard InChI is InChI=1S/C32H25N3O4S/c1-20-6-2-3-8-26(20)38-24-15-13-23(14-16-24)35-30(29(34-32(35)40)25-7-4-5-19-33-25)28-18-17-27(39-28)21-9-11-22(12-10-21)31(36)37/h2-19,29-30H,1H3,(H,34,40)(H,36,37)/t29-,30+/m0/s1. The average Bonchev–Trinajstić information content (AvgIpc) is 3.60. The second-order valence-corrected chi connectivity index (χ2v) is 9.83. The molecule has 1 saturated heterocycles. The van der Waals surface area contributed by atoms with Gasteiger partial charge in [0.15, 0.2) is 5.11 Å². The number of aromatic carboxylic acids is 1. The number of furan rings is 1. The molecular formula is C32H25N3O4S. The number of hydrogen-bond donors (Lipinski definition) is 2. The van der Waals surface area contributed by atoms with Gasteiger partial charge in [0.2, 0.25) is 0 Å². The van der Waals surface area contributed by atoms with E-state index in [1.807, 2.05) is 90.7 Å². The lowest BCUT2D eigenvalue weighted by Gasteiger charge is -2.26. The highest BCUT2D eigenvalue weighted by Gasteiger charge is 2.42. The first-order valence-electron chi connectivity index (χ1n) is 12.8. The van der Waals surface area contributed by atoms with Crippen LogP contribution < -0.4 is 15.0 Å². The van der Waals surface area contributed by atoms with E-state index in [-0.39, 0.29) is 17.6 Å². The molecule has 0 unspecified atom stereocenters. The van der Waals surface area contributed by atoms with Crippen molar-refractivity contribution in [3.63, 3.8) is 0 Å². The fourth-order valence-electron chi connectivity index (χ4n) is 4.84. The van der Waals surface area contributed by atoms with E-state index in [0.717, 1.165) is 34.0 Å². The Morgan fingerprint density at radius 2 is 1.70 bits per heavy atom. The molecule has 2 N–H and O–H groups in total. The Balaban J connectivity index is 1.34. The third kappa shape index (κ3) is 4.92. The van der Waals surface area contributed by atoms with Crippen LogP contribution in [0.15, 0.2) is 114 Å². The molecule has 0 saturated carbocycles. The maximum atomic E-state index is 11.3. The summed E-state index contributed by atoms with van der Waals surface area (Å²) in [5.41, 5.74) is 3.77. The number of ether oxygens (including phenoxy) is 1. The van der Waals surface area contributed by atoms with Crippen LogP contribution >= 0.6 is 12.2 Å². The molecule has 2 atom stereocenters. The number of nitrogens with zero attached hydrogens (tertiary/aromatic N) is 2. The van der Waals surface area contributed by atoms with Crippen LogP contribution in [0, 0.1) is 6.92 Å². The number of nitrogens with one attached hydrogen (secondary N) is 1. The number of hydrogen-bond acceptors (Lipinski definition) is 5. The topological polar surface area (TPSA) is 87.8 Å². The van der Waals surface area contributed by atoms with Gasteiger partial charge in [0.1, 0.15) is 29.1 Å². The van der Waals surface area contributed by atoms with Crippen molar-refractivity contribution in [2.75, 3.05) is 4.90 Å². The van der Waals surface area contributed by atoms with Crippen molar-refractivity contribution >= 4 is 29.0 Å². The Bertz CT molecular complexity index is 1670. The fourth-order valence-corrected chi connectivity index (χ4v) is 5.18. The summed E-state index contributed by atoms with van der Waals surface area (Å²) >= 11 is 5.83. The molecular weight excluding hydrogens is 522 g/mol. The monoisotopic (exact) mass is 547 g/mol. The smallest absolute Gasteiger partial charge is 0.335 e. The molecule has 0 spiro atoms. The summed E-state index contributed by atoms with van der Waals surface area (Å²) in [6, 6.07) is 31.3. The third-order valence-electron chi connectivity index (χ3n) is 6.87. The van der Waals surface area contributed by atoms with E-state index in [1.165, 1.54) is 0 Å². The highest BCUT2D eigenvalue weighted by molar-refractivity contribution is 7.80. The zero-order valence-electron chi connectivity index (χ0n) is 21.5. The second kappa shape index (κ2) is 10.7. The molecule has 8 heteroatoms. The Kier molecular flexibility index (Phi) is 6.76. The van der Waals surface area contributed by atoms with Crippen molar-refractivity contribution in [1.82, 2.24) is 10.3 Å². The molecule has 0 amide bonds. The van der Waals surface area contributed by atoms with Gasteiger partial charge in [0, 0.05) is 17.4 Å². The molecule has 5 aromatic rings. The molecule has 0 radical (unpaired) electrons. The van der Waals surface area contributed by atoms with Gasteiger partial charge in [-0.15, -0.1) is 0 Å². The molecule has 7 nitrogen and oxygen atoms in total. The minimum absolute atomic E-state index is 0.220. The summed E-state index contributed by atoms with van der Waals surface area (Å²) in [4.78, 5) is 17.9. The summed E-state index contributed by atoms with van der Waals surface area (Å²) in [5.74, 6) is 1.88. The van der Waals surface area contributed by atoms with Gasteiger partial charge in [-0.2, -0.15) is 0 Å². The minimum Gasteiger partial charge on any atom is -0.478 e. The maximum absolute atomic E-state index is 11.3. The number of carboxylic acid groups (broad SMARTS) is 1. The van der Waals surface area contributed by atoms with Crippen molar-refractivity contribution in [1.29, 1.82) is 0 Å². The van der Waals surface area contributed by atoms with Crippen LogP contribution in [-0.4, -0.2) is 21.2 Å². The number of aromatic nitrogens is 1. The highest BCUT2D eigenvalue weighted by atomic mass is 32.1. The Hall–Kier alpha value is -4.95. The summed E-state index contributed by atoms with van der Waals surface area (Å²) in [6.07, 6.45) is 1.76. The van der Waals surface area contributed by atoms with Crippen molar-refractivity contribution in [3.05, 3.63) is 132 Å². The molecule has 198 valence electrons. The summed E-state index contributed by atoms with van der Waals surface area (Å²) in [5, 5.41) is 13.2. The lowest BCUT2D eigenvalue weighted by Crippen LogP contribution is -2.29. The molecule has 1 aliphatic rings. The van der Waals surface area contributed by atoms with Gasteiger partial charge in [0.25, 0.3) is 0 Å². The maximum Gasteiger partial charge on any atom is 0.335 e. The zero-order chi connectivity index (χ0) is 27.6. The molecule has 40 heavy (non-hydrogen) atoms. The number of carboxylic acids is 1. The van der Waals surface area contributed by atoms with Gasteiger partial charge >= 0.3 is 5.97 Å². The first-order valence-corrected chi connectivity index (χ1v) is 13.2. The first kappa shape index (κ1) is 25.3. The predicted molar refractivity (Wildman–Crippen MR) is 157 cm³/mol. The van der Waals surface area contributed by atoms with E-state index in [2.05, 4.69) is 10.3 Å². The lowest BCUT2D eigenvalue weighted by molar-refractivity contribution is 0.0697. The highest BCUT2D eigenvalue weighted by Crippen LogP contribution is 2.43. The normalized spacial score (nSPS) is 16.5. The number of anilines is 1. The molecule has 0 aliphatic carbocycles. The van der Waals surface area contributed by atoms with Crippen LogP contribution in [0.25, 0.3) is 11.3 Å². The average molecular weight is 548 g/mol. The molecule has 2 aromatic heterocycles. The number of aryl methyl sites for hydroxylation is 1. The largest absolute Gasteiger partial charge is 0.478 e. The number of carbonyl (C=O) groups is 1. The van der Waals surface area contributed by atoms with E-state index in [4.69, 9.17) is 21.4 Å². The minimum atomic E-state index is -0.971. The van der Waals surface area contributed by atoms with Crippen molar-refractivity contribution in [3.8, 4) is 22.8 Å². The van der Waals surface area contributed by atoms with Gasteiger partial charge in [-0.3, -0.25) is 4.98 Å². The summed E-state index contributed by atoms with van der Waals surface area (Å²) in [6.45, 7) is 2.01. The lowest BCUT2D eigenvalue weighted by atomic mass is 10.0. The van der Waals surface area contributed by atoms with Crippen LogP contribution in [0.5, 0.6) is 11.5 Å². The van der Waals surface area contributed by atoms with E-state index >= 15 is 0 Å². The van der Waals surface area contributed by atoms with Crippen LogP contribution in [0.3, 0.4) is 0 Å². The van der Waals surface area contributed by atoms with Crippen molar-refractivity contribution < 1.29 is 19.1 Å². The van der Waals surface area contributed by atoms with Crippen molar-refractivity contribution in [2.24, 2.45) is 0 Å². The quantitative estimate of drug-likeness (QED) is 0.205. The molecule has 6 rings (SSSR count). The van der Waals surface area contributed by atoms with Gasteiger partial charge in [-0.1, -0.05) is 36.4 Å². The third-order valence-corrected chi connectivity index (χ3v) is 7.18. The van der Waals surface area contributed by atoms with E-state index < -0.39 is 5.97 Å².